The van der Waals surface area contributed by atoms with Gasteiger partial charge in [0.05, 0.1) is 19.2 Å². The van der Waals surface area contributed by atoms with Crippen LogP contribution >= 0.6 is 11.3 Å². The van der Waals surface area contributed by atoms with Gasteiger partial charge in [0.15, 0.2) is 11.7 Å². The van der Waals surface area contributed by atoms with E-state index in [4.69, 9.17) is 0 Å². The van der Waals surface area contributed by atoms with Gasteiger partial charge in [0.1, 0.15) is 0 Å². The van der Waals surface area contributed by atoms with E-state index in [9.17, 15) is 14.4 Å². The number of amides is 1. The smallest absolute Gasteiger partial charge is 0.311 e. The van der Waals surface area contributed by atoms with Crippen molar-refractivity contribution in [3.8, 4) is 0 Å². The van der Waals surface area contributed by atoms with E-state index in [1.807, 2.05) is 0 Å². The van der Waals surface area contributed by atoms with E-state index >= 15 is 0 Å². The van der Waals surface area contributed by atoms with Gasteiger partial charge in [-0.1, -0.05) is 0 Å². The molecular formula is C10H12N2O5S. The molecule has 1 N–H and O–H groups in total. The summed E-state index contributed by atoms with van der Waals surface area (Å²) in [5.74, 6) is -1.42. The highest BCUT2D eigenvalue weighted by Crippen LogP contribution is 2.15. The molecule has 0 saturated carbocycles. The van der Waals surface area contributed by atoms with E-state index in [2.05, 4.69) is 19.8 Å². The lowest BCUT2D eigenvalue weighted by Crippen LogP contribution is -2.19. The number of rotatable bonds is 5. The Hall–Kier alpha value is -1.96. The molecule has 0 aliphatic carbocycles. The van der Waals surface area contributed by atoms with Crippen molar-refractivity contribution in [3.63, 3.8) is 0 Å². The zero-order valence-corrected chi connectivity index (χ0v) is 10.7. The number of aromatic nitrogens is 1. The van der Waals surface area contributed by atoms with Gasteiger partial charge in [-0.3, -0.25) is 19.7 Å². The Labute approximate surface area is 107 Å². The molecule has 0 bridgehead atoms. The second kappa shape index (κ2) is 6.70. The summed E-state index contributed by atoms with van der Waals surface area (Å²) in [5.41, 5.74) is 0.509. The standard InChI is InChI=1S/C10H12N2O5S/c1-6(13)17-4-8(14)12-10-11-7(5-18-10)3-9(15)16-2/h5H,3-4H2,1-2H3,(H,11,12,14). The number of hydrogen-bond donors (Lipinski definition) is 1. The molecule has 1 amide bonds. The fourth-order valence-electron chi connectivity index (χ4n) is 0.988. The fraction of sp³-hybridized carbons (Fsp3) is 0.400. The van der Waals surface area contributed by atoms with Crippen LogP contribution in [0.3, 0.4) is 0 Å². The Kier molecular flexibility index (Phi) is 5.25. The third kappa shape index (κ3) is 4.91. The molecule has 0 fully saturated rings. The Morgan fingerprint density at radius 2 is 2.17 bits per heavy atom. The number of methoxy groups -OCH3 is 1. The van der Waals surface area contributed by atoms with Gasteiger partial charge in [-0.05, 0) is 0 Å². The van der Waals surface area contributed by atoms with E-state index in [-0.39, 0.29) is 13.0 Å². The van der Waals surface area contributed by atoms with Crippen molar-refractivity contribution in [1.29, 1.82) is 0 Å². The van der Waals surface area contributed by atoms with Gasteiger partial charge >= 0.3 is 11.9 Å². The molecule has 98 valence electrons. The van der Waals surface area contributed by atoms with E-state index in [1.54, 1.807) is 5.38 Å². The highest BCUT2D eigenvalue weighted by Gasteiger charge is 2.10. The molecule has 18 heavy (non-hydrogen) atoms. The number of ether oxygens (including phenoxy) is 2. The van der Waals surface area contributed by atoms with Crippen LogP contribution in [0.1, 0.15) is 12.6 Å². The first-order valence-electron chi connectivity index (χ1n) is 4.95. The van der Waals surface area contributed by atoms with Gasteiger partial charge < -0.3 is 9.47 Å². The summed E-state index contributed by atoms with van der Waals surface area (Å²) in [5, 5.41) is 4.42. The van der Waals surface area contributed by atoms with Gasteiger partial charge in [0.2, 0.25) is 0 Å². The average Bonchev–Trinajstić information content (AvgIpc) is 2.73. The van der Waals surface area contributed by atoms with Crippen molar-refractivity contribution in [2.75, 3.05) is 19.0 Å². The first-order chi connectivity index (χ1) is 8.51. The molecule has 0 unspecified atom stereocenters. The van der Waals surface area contributed by atoms with Crippen LogP contribution in [0.2, 0.25) is 0 Å². The minimum atomic E-state index is -0.532. The molecule has 1 heterocycles. The Morgan fingerprint density at radius 1 is 1.44 bits per heavy atom. The van der Waals surface area contributed by atoms with Crippen molar-refractivity contribution >= 4 is 34.3 Å². The molecule has 0 radical (unpaired) electrons. The quantitative estimate of drug-likeness (QED) is 0.778. The molecule has 0 aliphatic rings. The number of carbonyl (C=O) groups excluding carboxylic acids is 3. The SMILES string of the molecule is COC(=O)Cc1csc(NC(=O)COC(C)=O)n1. The minimum Gasteiger partial charge on any atom is -0.469 e. The summed E-state index contributed by atoms with van der Waals surface area (Å²) in [6, 6.07) is 0. The van der Waals surface area contributed by atoms with Crippen LogP contribution in [-0.2, 0) is 30.3 Å². The number of thiazole rings is 1. The number of nitrogens with zero attached hydrogens (tertiary/aromatic N) is 1. The van der Waals surface area contributed by atoms with Gasteiger partial charge in [0, 0.05) is 12.3 Å². The Balaban J connectivity index is 2.46. The largest absolute Gasteiger partial charge is 0.469 e. The van der Waals surface area contributed by atoms with Crippen molar-refractivity contribution in [1.82, 2.24) is 4.98 Å². The second-order valence-electron chi connectivity index (χ2n) is 3.23. The van der Waals surface area contributed by atoms with Crippen LogP contribution in [0.4, 0.5) is 5.13 Å². The maximum Gasteiger partial charge on any atom is 0.311 e. The highest BCUT2D eigenvalue weighted by atomic mass is 32.1. The van der Waals surface area contributed by atoms with E-state index in [0.29, 0.717) is 10.8 Å². The molecule has 0 saturated heterocycles. The lowest BCUT2D eigenvalue weighted by atomic mass is 10.3. The van der Waals surface area contributed by atoms with Crippen LogP contribution in [-0.4, -0.2) is 36.5 Å². The molecule has 1 rings (SSSR count). The minimum absolute atomic E-state index is 0.0484. The lowest BCUT2D eigenvalue weighted by molar-refractivity contribution is -0.145. The van der Waals surface area contributed by atoms with Crippen molar-refractivity contribution in [2.45, 2.75) is 13.3 Å². The number of anilines is 1. The number of hydrogen-bond acceptors (Lipinski definition) is 7. The summed E-state index contributed by atoms with van der Waals surface area (Å²) in [6.45, 7) is 0.854. The Bertz CT molecular complexity index is 457. The van der Waals surface area contributed by atoms with Crippen LogP contribution in [0.15, 0.2) is 5.38 Å². The third-order valence-corrected chi connectivity index (χ3v) is 2.56. The predicted molar refractivity (Wildman–Crippen MR) is 63.1 cm³/mol. The van der Waals surface area contributed by atoms with Gasteiger partial charge in [-0.2, -0.15) is 0 Å². The van der Waals surface area contributed by atoms with Crippen LogP contribution in [0, 0.1) is 0 Å². The highest BCUT2D eigenvalue weighted by molar-refractivity contribution is 7.13. The summed E-state index contributed by atoms with van der Waals surface area (Å²) in [7, 11) is 1.29. The summed E-state index contributed by atoms with van der Waals surface area (Å²) >= 11 is 1.17. The fourth-order valence-corrected chi connectivity index (χ4v) is 1.71. The van der Waals surface area contributed by atoms with Crippen LogP contribution in [0.25, 0.3) is 0 Å². The molecular weight excluding hydrogens is 260 g/mol. The molecule has 8 heteroatoms. The average molecular weight is 272 g/mol. The van der Waals surface area contributed by atoms with Crippen LogP contribution in [0.5, 0.6) is 0 Å². The van der Waals surface area contributed by atoms with Crippen molar-refractivity contribution < 1.29 is 23.9 Å². The van der Waals surface area contributed by atoms with Crippen molar-refractivity contribution in [2.24, 2.45) is 0 Å². The number of carbonyl (C=O) groups is 3. The molecule has 0 aromatic carbocycles. The number of nitrogens with one attached hydrogen (secondary N) is 1. The summed E-state index contributed by atoms with van der Waals surface area (Å²) in [6.07, 6.45) is 0.0484. The normalized spacial score (nSPS) is 9.67. The van der Waals surface area contributed by atoms with Gasteiger partial charge in [-0.25, -0.2) is 4.98 Å². The first kappa shape index (κ1) is 14.1. The second-order valence-corrected chi connectivity index (χ2v) is 4.08. The first-order valence-corrected chi connectivity index (χ1v) is 5.83. The van der Waals surface area contributed by atoms with Crippen molar-refractivity contribution in [3.05, 3.63) is 11.1 Å². The van der Waals surface area contributed by atoms with Gasteiger partial charge in [0.25, 0.3) is 5.91 Å². The zero-order chi connectivity index (χ0) is 13.5. The lowest BCUT2D eigenvalue weighted by Gasteiger charge is -2.01. The third-order valence-electron chi connectivity index (χ3n) is 1.76. The van der Waals surface area contributed by atoms with E-state index in [1.165, 1.54) is 25.4 Å². The van der Waals surface area contributed by atoms with Gasteiger partial charge in [-0.15, -0.1) is 11.3 Å². The maximum atomic E-state index is 11.3. The number of esters is 2. The molecule has 0 atom stereocenters. The molecule has 0 spiro atoms. The van der Waals surface area contributed by atoms with Crippen LogP contribution < -0.4 is 5.32 Å². The monoisotopic (exact) mass is 272 g/mol. The summed E-state index contributed by atoms with van der Waals surface area (Å²) < 4.78 is 9.01. The molecule has 0 aliphatic heterocycles. The zero-order valence-electron chi connectivity index (χ0n) is 9.89. The molecule has 1 aromatic rings. The predicted octanol–water partition coefficient (Wildman–Crippen LogP) is 0.360. The summed E-state index contributed by atoms with van der Waals surface area (Å²) in [4.78, 5) is 36.8. The van der Waals surface area contributed by atoms with E-state index in [0.717, 1.165) is 0 Å². The molecule has 1 aromatic heterocycles. The Morgan fingerprint density at radius 3 is 2.78 bits per heavy atom. The molecule has 7 nitrogen and oxygen atoms in total. The van der Waals surface area contributed by atoms with E-state index < -0.39 is 17.8 Å². The maximum absolute atomic E-state index is 11.3. The topological polar surface area (TPSA) is 94.6 Å².